The highest BCUT2D eigenvalue weighted by Gasteiger charge is 2.30. The summed E-state index contributed by atoms with van der Waals surface area (Å²) in [5, 5.41) is 9.40. The van der Waals surface area contributed by atoms with Gasteiger partial charge < -0.3 is 15.4 Å². The van der Waals surface area contributed by atoms with Gasteiger partial charge >= 0.3 is 0 Å². The monoisotopic (exact) mass is 287 g/mol. The fourth-order valence-corrected chi connectivity index (χ4v) is 2.05. The van der Waals surface area contributed by atoms with Crippen molar-refractivity contribution in [1.82, 2.24) is 14.8 Å². The van der Waals surface area contributed by atoms with E-state index in [4.69, 9.17) is 4.74 Å². The van der Waals surface area contributed by atoms with Gasteiger partial charge in [0, 0.05) is 5.69 Å². The van der Waals surface area contributed by atoms with E-state index in [0.717, 1.165) is 4.68 Å². The quantitative estimate of drug-likeness (QED) is 0.864. The molecule has 0 saturated heterocycles. The number of anilines is 2. The van der Waals surface area contributed by atoms with Gasteiger partial charge in [0.1, 0.15) is 18.1 Å². The molecule has 0 unspecified atom stereocenters. The second-order valence-corrected chi connectivity index (χ2v) is 4.51. The van der Waals surface area contributed by atoms with E-state index >= 15 is 0 Å². The van der Waals surface area contributed by atoms with E-state index in [1.165, 1.54) is 6.33 Å². The van der Waals surface area contributed by atoms with Crippen LogP contribution in [-0.4, -0.2) is 39.7 Å². The van der Waals surface area contributed by atoms with Gasteiger partial charge in [0.05, 0.1) is 13.5 Å². The zero-order chi connectivity index (χ0) is 14.8. The van der Waals surface area contributed by atoms with Crippen molar-refractivity contribution in [3.05, 3.63) is 30.6 Å². The summed E-state index contributed by atoms with van der Waals surface area (Å²) in [6.07, 6.45) is 1.29. The van der Waals surface area contributed by atoms with Gasteiger partial charge in [-0.15, -0.1) is 0 Å². The van der Waals surface area contributed by atoms with Crippen molar-refractivity contribution in [3.63, 3.8) is 0 Å². The number of nitrogens with zero attached hydrogens (tertiary/aromatic N) is 3. The molecule has 1 amide bonds. The summed E-state index contributed by atoms with van der Waals surface area (Å²) < 4.78 is 6.20. The summed E-state index contributed by atoms with van der Waals surface area (Å²) in [6.45, 7) is 0. The van der Waals surface area contributed by atoms with Gasteiger partial charge in [-0.2, -0.15) is 14.8 Å². The molecule has 0 aliphatic carbocycles. The van der Waals surface area contributed by atoms with Crippen molar-refractivity contribution < 1.29 is 14.3 Å². The zero-order valence-corrected chi connectivity index (χ0v) is 11.2. The Balaban J connectivity index is 1.70. The number of carbonyl (C=O) groups excluding carboxylic acids is 2. The molecule has 21 heavy (non-hydrogen) atoms. The smallest absolute Gasteiger partial charge is 0.252 e. The molecule has 2 N–H and O–H groups in total. The van der Waals surface area contributed by atoms with Crippen LogP contribution in [0, 0.1) is 0 Å². The SMILES string of the molecule is COc1ccc(NC(=O)[C@H]2CC(=O)n3ncnc3N2)cc1. The molecule has 8 heteroatoms. The van der Waals surface area contributed by atoms with Crippen molar-refractivity contribution >= 4 is 23.5 Å². The number of methoxy groups -OCH3 is 1. The number of nitrogens with one attached hydrogen (secondary N) is 2. The van der Waals surface area contributed by atoms with Crippen LogP contribution in [0.3, 0.4) is 0 Å². The minimum Gasteiger partial charge on any atom is -0.497 e. The van der Waals surface area contributed by atoms with E-state index in [1.54, 1.807) is 31.4 Å². The third-order valence-electron chi connectivity index (χ3n) is 3.14. The average Bonchev–Trinajstić information content (AvgIpc) is 2.97. The Bertz CT molecular complexity index is 679. The van der Waals surface area contributed by atoms with E-state index in [9.17, 15) is 9.59 Å². The van der Waals surface area contributed by atoms with Crippen LogP contribution in [0.5, 0.6) is 5.75 Å². The third-order valence-corrected chi connectivity index (χ3v) is 3.14. The van der Waals surface area contributed by atoms with Crippen LogP contribution in [0.15, 0.2) is 30.6 Å². The van der Waals surface area contributed by atoms with E-state index in [1.807, 2.05) is 0 Å². The summed E-state index contributed by atoms with van der Waals surface area (Å²) in [5.74, 6) is 0.409. The number of amides is 1. The number of carbonyl (C=O) groups is 2. The summed E-state index contributed by atoms with van der Waals surface area (Å²) in [5.41, 5.74) is 0.627. The summed E-state index contributed by atoms with van der Waals surface area (Å²) in [6, 6.07) is 6.27. The normalized spacial score (nSPS) is 16.8. The Morgan fingerprint density at radius 1 is 1.43 bits per heavy atom. The van der Waals surface area contributed by atoms with Crippen LogP contribution >= 0.6 is 0 Å². The van der Waals surface area contributed by atoms with Crippen molar-refractivity contribution in [1.29, 1.82) is 0 Å². The minimum atomic E-state index is -0.670. The molecule has 0 fully saturated rings. The maximum absolute atomic E-state index is 12.2. The Morgan fingerprint density at radius 3 is 2.90 bits per heavy atom. The first kappa shape index (κ1) is 13.1. The maximum atomic E-state index is 12.2. The highest BCUT2D eigenvalue weighted by molar-refractivity contribution is 6.01. The summed E-state index contributed by atoms with van der Waals surface area (Å²) >= 11 is 0. The number of rotatable bonds is 3. The van der Waals surface area contributed by atoms with Gasteiger partial charge in [-0.3, -0.25) is 9.59 Å². The fourth-order valence-electron chi connectivity index (χ4n) is 2.05. The number of hydrogen-bond acceptors (Lipinski definition) is 6. The molecule has 8 nitrogen and oxygen atoms in total. The standard InChI is InChI=1S/C13H13N5O3/c1-21-9-4-2-8(3-5-9)16-12(20)10-6-11(19)18-13(17-10)14-7-15-18/h2-5,7,10H,6H2,1H3,(H,16,20)(H,14,15,17)/t10-/m1/s1. The molecule has 1 atom stereocenters. The predicted molar refractivity (Wildman–Crippen MR) is 74.3 cm³/mol. The average molecular weight is 287 g/mol. The van der Waals surface area contributed by atoms with Crippen molar-refractivity contribution in [3.8, 4) is 5.75 Å². The molecule has 0 saturated carbocycles. The number of ether oxygens (including phenoxy) is 1. The molecule has 3 rings (SSSR count). The van der Waals surface area contributed by atoms with E-state index in [2.05, 4.69) is 20.7 Å². The van der Waals surface area contributed by atoms with Crippen molar-refractivity contribution in [2.45, 2.75) is 12.5 Å². The molecule has 2 heterocycles. The highest BCUT2D eigenvalue weighted by atomic mass is 16.5. The molecule has 0 spiro atoms. The molecule has 0 radical (unpaired) electrons. The van der Waals surface area contributed by atoms with Gasteiger partial charge in [0.25, 0.3) is 5.91 Å². The van der Waals surface area contributed by atoms with Gasteiger partial charge in [-0.1, -0.05) is 0 Å². The molecular formula is C13H13N5O3. The van der Waals surface area contributed by atoms with E-state index < -0.39 is 6.04 Å². The van der Waals surface area contributed by atoms with Crippen LogP contribution in [0.1, 0.15) is 11.2 Å². The van der Waals surface area contributed by atoms with E-state index in [-0.39, 0.29) is 24.2 Å². The number of hydrogen-bond donors (Lipinski definition) is 2. The minimum absolute atomic E-state index is 0.0261. The topological polar surface area (TPSA) is 98.1 Å². The Morgan fingerprint density at radius 2 is 2.19 bits per heavy atom. The first-order valence-corrected chi connectivity index (χ1v) is 6.32. The molecule has 2 aromatic rings. The molecule has 1 aliphatic rings. The molecule has 1 aliphatic heterocycles. The number of benzene rings is 1. The Hall–Kier alpha value is -2.90. The van der Waals surface area contributed by atoms with Crippen LogP contribution in [0.25, 0.3) is 0 Å². The number of aromatic nitrogens is 3. The van der Waals surface area contributed by atoms with Gasteiger partial charge in [-0.25, -0.2) is 0 Å². The fraction of sp³-hybridized carbons (Fsp3) is 0.231. The second kappa shape index (κ2) is 5.23. The molecular weight excluding hydrogens is 274 g/mol. The summed E-state index contributed by atoms with van der Waals surface area (Å²) in [4.78, 5) is 27.9. The first-order chi connectivity index (χ1) is 10.2. The van der Waals surface area contributed by atoms with Crippen LogP contribution in [-0.2, 0) is 4.79 Å². The molecule has 1 aromatic heterocycles. The highest BCUT2D eigenvalue weighted by Crippen LogP contribution is 2.18. The lowest BCUT2D eigenvalue weighted by molar-refractivity contribution is -0.117. The lowest BCUT2D eigenvalue weighted by Crippen LogP contribution is -2.42. The molecule has 108 valence electrons. The maximum Gasteiger partial charge on any atom is 0.252 e. The van der Waals surface area contributed by atoms with Crippen molar-refractivity contribution in [2.75, 3.05) is 17.7 Å². The third kappa shape index (κ3) is 2.55. The van der Waals surface area contributed by atoms with Gasteiger partial charge in [0.2, 0.25) is 11.9 Å². The van der Waals surface area contributed by atoms with Crippen LogP contribution in [0.2, 0.25) is 0 Å². The molecule has 1 aromatic carbocycles. The van der Waals surface area contributed by atoms with Crippen LogP contribution in [0.4, 0.5) is 11.6 Å². The van der Waals surface area contributed by atoms with Crippen LogP contribution < -0.4 is 15.4 Å². The lowest BCUT2D eigenvalue weighted by atomic mass is 10.1. The Kier molecular flexibility index (Phi) is 3.27. The van der Waals surface area contributed by atoms with Crippen molar-refractivity contribution in [2.24, 2.45) is 0 Å². The summed E-state index contributed by atoms with van der Waals surface area (Å²) in [7, 11) is 1.57. The van der Waals surface area contributed by atoms with Gasteiger partial charge in [-0.05, 0) is 24.3 Å². The van der Waals surface area contributed by atoms with Gasteiger partial charge in [0.15, 0.2) is 0 Å². The zero-order valence-electron chi connectivity index (χ0n) is 11.2. The number of fused-ring (bicyclic) bond motifs is 1. The first-order valence-electron chi connectivity index (χ1n) is 6.32. The van der Waals surface area contributed by atoms with E-state index in [0.29, 0.717) is 11.4 Å². The largest absolute Gasteiger partial charge is 0.497 e. The predicted octanol–water partition coefficient (Wildman–Crippen LogP) is 0.750. The lowest BCUT2D eigenvalue weighted by Gasteiger charge is -2.22. The Labute approximate surface area is 120 Å². The second-order valence-electron chi connectivity index (χ2n) is 4.51. The molecule has 0 bridgehead atoms.